The molecule has 1 saturated heterocycles. The topological polar surface area (TPSA) is 49.4 Å². The van der Waals surface area contributed by atoms with E-state index in [1.165, 1.54) is 12.1 Å². The highest BCUT2D eigenvalue weighted by molar-refractivity contribution is 5.89. The molecular formula is C19H19FN2O2. The predicted molar refractivity (Wildman–Crippen MR) is 88.2 cm³/mol. The number of benzene rings is 2. The summed E-state index contributed by atoms with van der Waals surface area (Å²) in [6.45, 7) is 1.30. The van der Waals surface area contributed by atoms with Gasteiger partial charge in [0.15, 0.2) is 0 Å². The van der Waals surface area contributed by atoms with Crippen molar-refractivity contribution in [3.63, 3.8) is 0 Å². The fourth-order valence-corrected chi connectivity index (χ4v) is 2.84. The van der Waals surface area contributed by atoms with Crippen molar-refractivity contribution >= 4 is 11.8 Å². The number of likely N-dealkylation sites (tertiary alicyclic amines) is 1. The molecule has 0 aromatic heterocycles. The number of hydrogen-bond acceptors (Lipinski definition) is 2. The van der Waals surface area contributed by atoms with Gasteiger partial charge in [-0.05, 0) is 23.3 Å². The lowest BCUT2D eigenvalue weighted by Gasteiger charge is -2.16. The molecule has 1 aliphatic heterocycles. The van der Waals surface area contributed by atoms with Gasteiger partial charge >= 0.3 is 0 Å². The molecule has 0 aliphatic carbocycles. The van der Waals surface area contributed by atoms with E-state index in [1.54, 1.807) is 17.0 Å². The van der Waals surface area contributed by atoms with Gasteiger partial charge in [0.1, 0.15) is 5.82 Å². The van der Waals surface area contributed by atoms with Crippen molar-refractivity contribution in [1.29, 1.82) is 0 Å². The Morgan fingerprint density at radius 2 is 1.79 bits per heavy atom. The van der Waals surface area contributed by atoms with E-state index < -0.39 is 0 Å². The highest BCUT2D eigenvalue weighted by Crippen LogP contribution is 2.20. The largest absolute Gasteiger partial charge is 0.352 e. The smallest absolute Gasteiger partial charge is 0.225 e. The molecule has 1 fully saturated rings. The van der Waals surface area contributed by atoms with Crippen molar-refractivity contribution in [3.05, 3.63) is 71.5 Å². The number of nitrogens with zero attached hydrogens (tertiary/aromatic N) is 1. The Morgan fingerprint density at radius 1 is 1.08 bits per heavy atom. The van der Waals surface area contributed by atoms with Crippen molar-refractivity contribution < 1.29 is 14.0 Å². The van der Waals surface area contributed by atoms with E-state index in [2.05, 4.69) is 5.32 Å². The maximum atomic E-state index is 12.9. The average Bonchev–Trinajstić information content (AvgIpc) is 2.96. The number of carbonyl (C=O) groups excluding carboxylic acids is 2. The van der Waals surface area contributed by atoms with E-state index in [1.807, 2.05) is 30.3 Å². The lowest BCUT2D eigenvalue weighted by atomic mass is 10.1. The lowest BCUT2D eigenvalue weighted by Crippen LogP contribution is -2.32. The molecule has 24 heavy (non-hydrogen) atoms. The van der Waals surface area contributed by atoms with E-state index >= 15 is 0 Å². The van der Waals surface area contributed by atoms with Gasteiger partial charge in [0.05, 0.1) is 5.92 Å². The summed E-state index contributed by atoms with van der Waals surface area (Å²) in [6, 6.07) is 15.7. The summed E-state index contributed by atoms with van der Waals surface area (Å²) < 4.78 is 12.9. The minimum absolute atomic E-state index is 0.000727. The molecule has 2 amide bonds. The van der Waals surface area contributed by atoms with Gasteiger partial charge in [-0.2, -0.15) is 0 Å². The second-order valence-electron chi connectivity index (χ2n) is 6.01. The van der Waals surface area contributed by atoms with Crippen molar-refractivity contribution in [3.8, 4) is 0 Å². The van der Waals surface area contributed by atoms with Gasteiger partial charge in [-0.3, -0.25) is 9.59 Å². The third-order valence-corrected chi connectivity index (χ3v) is 4.18. The molecule has 3 rings (SSSR count). The summed E-state index contributed by atoms with van der Waals surface area (Å²) in [6.07, 6.45) is 0.238. The molecule has 2 aromatic rings. The second-order valence-corrected chi connectivity index (χ2v) is 6.01. The van der Waals surface area contributed by atoms with Crippen LogP contribution < -0.4 is 5.32 Å². The van der Waals surface area contributed by atoms with Crippen LogP contribution in [0.25, 0.3) is 0 Å². The van der Waals surface area contributed by atoms with E-state index in [9.17, 15) is 14.0 Å². The summed E-state index contributed by atoms with van der Waals surface area (Å²) >= 11 is 0. The van der Waals surface area contributed by atoms with Gasteiger partial charge in [0, 0.05) is 26.1 Å². The van der Waals surface area contributed by atoms with E-state index in [0.29, 0.717) is 19.6 Å². The quantitative estimate of drug-likeness (QED) is 0.918. The average molecular weight is 326 g/mol. The minimum Gasteiger partial charge on any atom is -0.352 e. The number of carbonyl (C=O) groups is 2. The van der Waals surface area contributed by atoms with Gasteiger partial charge in [-0.15, -0.1) is 0 Å². The number of halogens is 1. The first-order valence-electron chi connectivity index (χ1n) is 7.95. The van der Waals surface area contributed by atoms with Crippen molar-refractivity contribution in [2.75, 3.05) is 6.54 Å². The molecule has 1 aliphatic rings. The van der Waals surface area contributed by atoms with Gasteiger partial charge in [0.25, 0.3) is 0 Å². The first-order valence-corrected chi connectivity index (χ1v) is 7.95. The van der Waals surface area contributed by atoms with Crippen LogP contribution in [0.3, 0.4) is 0 Å². The Labute approximate surface area is 140 Å². The summed E-state index contributed by atoms with van der Waals surface area (Å²) in [7, 11) is 0. The molecule has 0 bridgehead atoms. The van der Waals surface area contributed by atoms with E-state index in [4.69, 9.17) is 0 Å². The minimum atomic E-state index is -0.332. The van der Waals surface area contributed by atoms with Crippen LogP contribution >= 0.6 is 0 Å². The normalized spacial score (nSPS) is 17.1. The number of nitrogens with one attached hydrogen (secondary N) is 1. The predicted octanol–water partition coefficient (Wildman–Crippen LogP) is 2.49. The molecule has 0 spiro atoms. The third kappa shape index (κ3) is 3.98. The summed E-state index contributed by atoms with van der Waals surface area (Å²) in [4.78, 5) is 26.1. The maximum absolute atomic E-state index is 12.9. The highest BCUT2D eigenvalue weighted by Gasteiger charge is 2.33. The van der Waals surface area contributed by atoms with Crippen LogP contribution in [-0.2, 0) is 22.7 Å². The monoisotopic (exact) mass is 326 g/mol. The Kier molecular flexibility index (Phi) is 4.89. The Morgan fingerprint density at radius 3 is 2.50 bits per heavy atom. The van der Waals surface area contributed by atoms with Crippen LogP contribution in [0.4, 0.5) is 4.39 Å². The molecule has 0 saturated carbocycles. The first-order chi connectivity index (χ1) is 11.6. The molecule has 1 N–H and O–H groups in total. The molecule has 0 radical (unpaired) electrons. The number of rotatable bonds is 5. The molecular weight excluding hydrogens is 307 g/mol. The van der Waals surface area contributed by atoms with Crippen molar-refractivity contribution in [1.82, 2.24) is 10.2 Å². The fraction of sp³-hybridized carbons (Fsp3) is 0.263. The maximum Gasteiger partial charge on any atom is 0.225 e. The van der Waals surface area contributed by atoms with Crippen LogP contribution in [0.15, 0.2) is 54.6 Å². The SMILES string of the molecule is O=C(NCc1ccc(F)cc1)[C@@H]1CC(=O)N(Cc2ccccc2)C1. The summed E-state index contributed by atoms with van der Waals surface area (Å²) in [5.41, 5.74) is 1.88. The van der Waals surface area contributed by atoms with Gasteiger partial charge < -0.3 is 10.2 Å². The first kappa shape index (κ1) is 16.2. The van der Waals surface area contributed by atoms with Crippen LogP contribution in [0, 0.1) is 11.7 Å². The second kappa shape index (κ2) is 7.25. The standard InChI is InChI=1S/C19H19FN2O2/c20-17-8-6-14(7-9-17)11-21-19(24)16-10-18(23)22(13-16)12-15-4-2-1-3-5-15/h1-9,16H,10-13H2,(H,21,24)/t16-/m1/s1. The van der Waals surface area contributed by atoms with E-state index in [-0.39, 0.29) is 30.0 Å². The molecule has 4 nitrogen and oxygen atoms in total. The Hall–Kier alpha value is -2.69. The van der Waals surface area contributed by atoms with Gasteiger partial charge in [-0.25, -0.2) is 4.39 Å². The van der Waals surface area contributed by atoms with Crippen molar-refractivity contribution in [2.24, 2.45) is 5.92 Å². The zero-order chi connectivity index (χ0) is 16.9. The lowest BCUT2D eigenvalue weighted by molar-refractivity contribution is -0.129. The van der Waals surface area contributed by atoms with Crippen LogP contribution in [0.5, 0.6) is 0 Å². The molecule has 124 valence electrons. The highest BCUT2D eigenvalue weighted by atomic mass is 19.1. The van der Waals surface area contributed by atoms with Gasteiger partial charge in [0.2, 0.25) is 11.8 Å². The third-order valence-electron chi connectivity index (χ3n) is 4.18. The zero-order valence-electron chi connectivity index (χ0n) is 13.2. The molecule has 1 atom stereocenters. The fourth-order valence-electron chi connectivity index (χ4n) is 2.84. The molecule has 2 aromatic carbocycles. The summed E-state index contributed by atoms with van der Waals surface area (Å²) in [5, 5.41) is 2.83. The molecule has 0 unspecified atom stereocenters. The number of hydrogen-bond donors (Lipinski definition) is 1. The molecule has 5 heteroatoms. The van der Waals surface area contributed by atoms with E-state index in [0.717, 1.165) is 11.1 Å². The van der Waals surface area contributed by atoms with Crippen LogP contribution in [0.1, 0.15) is 17.5 Å². The number of amides is 2. The molecule has 1 heterocycles. The Balaban J connectivity index is 1.53. The van der Waals surface area contributed by atoms with Crippen LogP contribution in [-0.4, -0.2) is 23.3 Å². The van der Waals surface area contributed by atoms with Gasteiger partial charge in [-0.1, -0.05) is 42.5 Å². The van der Waals surface area contributed by atoms with Crippen LogP contribution in [0.2, 0.25) is 0 Å². The van der Waals surface area contributed by atoms with Crippen molar-refractivity contribution in [2.45, 2.75) is 19.5 Å². The Bertz CT molecular complexity index is 716. The summed E-state index contributed by atoms with van der Waals surface area (Å²) in [5.74, 6) is -0.770. The zero-order valence-corrected chi connectivity index (χ0v) is 13.2.